The molecule has 0 bridgehead atoms. The third-order valence-corrected chi connectivity index (χ3v) is 2.02. The van der Waals surface area contributed by atoms with E-state index in [1.165, 1.54) is 0 Å². The van der Waals surface area contributed by atoms with Crippen LogP contribution in [-0.2, 0) is 4.79 Å². The average Bonchev–Trinajstić information content (AvgIpc) is 2.30. The maximum atomic E-state index is 11.6. The Hall–Kier alpha value is -2.33. The van der Waals surface area contributed by atoms with Gasteiger partial charge in [0, 0.05) is 22.9 Å². The van der Waals surface area contributed by atoms with Crippen LogP contribution in [0.25, 0.3) is 10.4 Å². The number of nitrogens with one attached hydrogen (secondary N) is 1. The summed E-state index contributed by atoms with van der Waals surface area (Å²) in [7, 11) is 0. The summed E-state index contributed by atoms with van der Waals surface area (Å²) in [6.45, 7) is 1.60. The van der Waals surface area contributed by atoms with E-state index in [0.29, 0.717) is 5.56 Å². The maximum Gasteiger partial charge on any atom is 0.257 e. The van der Waals surface area contributed by atoms with Gasteiger partial charge in [-0.05, 0) is 17.7 Å². The Morgan fingerprint density at radius 3 is 2.65 bits per heavy atom. The highest BCUT2D eigenvalue weighted by Gasteiger charge is 2.12. The van der Waals surface area contributed by atoms with E-state index < -0.39 is 17.9 Å². The van der Waals surface area contributed by atoms with E-state index in [-0.39, 0.29) is 6.42 Å². The van der Waals surface area contributed by atoms with Crippen LogP contribution in [0, 0.1) is 0 Å². The van der Waals surface area contributed by atoms with Gasteiger partial charge in [-0.15, -0.1) is 0 Å². The minimum Gasteiger partial charge on any atom is -0.292 e. The molecule has 0 aliphatic rings. The Labute approximate surface area is 98.3 Å². The van der Waals surface area contributed by atoms with Gasteiger partial charge in [-0.1, -0.05) is 30.2 Å². The van der Waals surface area contributed by atoms with Gasteiger partial charge >= 0.3 is 0 Å². The molecule has 0 saturated carbocycles. The van der Waals surface area contributed by atoms with Crippen LogP contribution < -0.4 is 5.32 Å². The van der Waals surface area contributed by atoms with Crippen molar-refractivity contribution in [3.05, 3.63) is 46.3 Å². The maximum absolute atomic E-state index is 11.6. The van der Waals surface area contributed by atoms with Crippen molar-refractivity contribution in [2.45, 2.75) is 19.4 Å². The van der Waals surface area contributed by atoms with Crippen molar-refractivity contribution in [1.29, 1.82) is 0 Å². The monoisotopic (exact) mass is 232 g/mol. The molecule has 0 unspecified atom stereocenters. The smallest absolute Gasteiger partial charge is 0.257 e. The number of hydrogen-bond donors (Lipinski definition) is 1. The van der Waals surface area contributed by atoms with Crippen molar-refractivity contribution in [1.82, 2.24) is 5.32 Å². The lowest BCUT2D eigenvalue weighted by Gasteiger charge is -2.05. The predicted octanol–water partition coefficient (Wildman–Crippen LogP) is 2.03. The molecule has 0 radical (unpaired) electrons. The summed E-state index contributed by atoms with van der Waals surface area (Å²) >= 11 is 0. The minimum atomic E-state index is -0.469. The van der Waals surface area contributed by atoms with E-state index in [4.69, 9.17) is 5.53 Å². The fourth-order valence-electron chi connectivity index (χ4n) is 1.24. The summed E-state index contributed by atoms with van der Waals surface area (Å²) in [5.41, 5.74) is 8.58. The van der Waals surface area contributed by atoms with Gasteiger partial charge in [0.15, 0.2) is 0 Å². The Bertz CT molecular complexity index is 452. The molecule has 0 aromatic heterocycles. The first kappa shape index (κ1) is 12.7. The molecule has 17 heavy (non-hydrogen) atoms. The van der Waals surface area contributed by atoms with E-state index in [1.54, 1.807) is 37.3 Å². The highest BCUT2D eigenvalue weighted by Crippen LogP contribution is 2.00. The molecule has 1 rings (SSSR count). The van der Waals surface area contributed by atoms with E-state index in [2.05, 4.69) is 15.3 Å². The Morgan fingerprint density at radius 1 is 1.41 bits per heavy atom. The topological polar surface area (TPSA) is 94.9 Å². The van der Waals surface area contributed by atoms with Gasteiger partial charge in [-0.25, -0.2) is 0 Å². The minimum absolute atomic E-state index is 0.0113. The van der Waals surface area contributed by atoms with Crippen LogP contribution in [-0.4, -0.2) is 17.9 Å². The molecule has 1 atom stereocenters. The highest BCUT2D eigenvalue weighted by atomic mass is 16.2. The number of rotatable bonds is 4. The molecule has 0 aliphatic carbocycles. The average molecular weight is 232 g/mol. The molecule has 0 spiro atoms. The summed E-state index contributed by atoms with van der Waals surface area (Å²) in [6.07, 6.45) is -0.0113. The highest BCUT2D eigenvalue weighted by molar-refractivity contribution is 6.04. The zero-order chi connectivity index (χ0) is 12.7. The molecule has 1 aromatic carbocycles. The number of hydrogen-bond acceptors (Lipinski definition) is 3. The fourth-order valence-corrected chi connectivity index (χ4v) is 1.24. The zero-order valence-electron chi connectivity index (χ0n) is 9.33. The number of carbonyl (C=O) groups is 2. The lowest BCUT2D eigenvalue weighted by atomic mass is 10.2. The van der Waals surface area contributed by atoms with Gasteiger partial charge in [-0.2, -0.15) is 0 Å². The lowest BCUT2D eigenvalue weighted by Crippen LogP contribution is -2.31. The third kappa shape index (κ3) is 4.36. The van der Waals surface area contributed by atoms with Crippen LogP contribution in [0.5, 0.6) is 0 Å². The van der Waals surface area contributed by atoms with Crippen molar-refractivity contribution >= 4 is 11.8 Å². The van der Waals surface area contributed by atoms with Gasteiger partial charge < -0.3 is 0 Å². The fraction of sp³-hybridized carbons (Fsp3) is 0.273. The van der Waals surface area contributed by atoms with Crippen molar-refractivity contribution in [2.75, 3.05) is 0 Å². The zero-order valence-corrected chi connectivity index (χ0v) is 9.33. The van der Waals surface area contributed by atoms with Gasteiger partial charge in [0.1, 0.15) is 0 Å². The van der Waals surface area contributed by atoms with Crippen molar-refractivity contribution in [3.63, 3.8) is 0 Å². The van der Waals surface area contributed by atoms with Gasteiger partial charge in [0.2, 0.25) is 5.91 Å². The second-order valence-electron chi connectivity index (χ2n) is 3.50. The molecule has 1 N–H and O–H groups in total. The Kier molecular flexibility index (Phi) is 4.72. The number of nitrogens with zero attached hydrogens (tertiary/aromatic N) is 3. The summed E-state index contributed by atoms with van der Waals surface area (Å²) in [4.78, 5) is 25.5. The number of azide groups is 1. The molecular formula is C11H12N4O2. The van der Waals surface area contributed by atoms with Crippen molar-refractivity contribution in [2.24, 2.45) is 5.11 Å². The third-order valence-electron chi connectivity index (χ3n) is 2.02. The van der Waals surface area contributed by atoms with E-state index in [9.17, 15) is 9.59 Å². The molecule has 0 saturated heterocycles. The number of carbonyl (C=O) groups excluding carboxylic acids is 2. The first-order valence-electron chi connectivity index (χ1n) is 5.07. The van der Waals surface area contributed by atoms with Crippen LogP contribution in [0.1, 0.15) is 23.7 Å². The molecule has 6 heteroatoms. The van der Waals surface area contributed by atoms with Crippen LogP contribution in [0.3, 0.4) is 0 Å². The molecule has 6 nitrogen and oxygen atoms in total. The summed E-state index contributed by atoms with van der Waals surface area (Å²) < 4.78 is 0. The number of imide groups is 1. The van der Waals surface area contributed by atoms with E-state index in [1.807, 2.05) is 0 Å². The molecule has 0 heterocycles. The van der Waals surface area contributed by atoms with E-state index in [0.717, 1.165) is 0 Å². The van der Waals surface area contributed by atoms with Gasteiger partial charge in [0.05, 0.1) is 0 Å². The summed E-state index contributed by atoms with van der Waals surface area (Å²) in [5, 5.41) is 5.58. The standard InChI is InChI=1S/C11H12N4O2/c1-8(14-15-12)7-10(16)13-11(17)9-5-3-2-4-6-9/h2-6,8H,7H2,1H3,(H,13,16,17)/t8-/m1/s1. The Balaban J connectivity index is 2.52. The van der Waals surface area contributed by atoms with Crippen LogP contribution in [0.2, 0.25) is 0 Å². The Morgan fingerprint density at radius 2 is 2.06 bits per heavy atom. The van der Waals surface area contributed by atoms with Gasteiger partial charge in [0.25, 0.3) is 5.91 Å². The number of benzene rings is 1. The summed E-state index contributed by atoms with van der Waals surface area (Å²) in [6, 6.07) is 7.95. The largest absolute Gasteiger partial charge is 0.292 e. The predicted molar refractivity (Wildman–Crippen MR) is 62.1 cm³/mol. The molecule has 88 valence electrons. The quantitative estimate of drug-likeness (QED) is 0.488. The molecule has 1 aromatic rings. The number of amides is 2. The summed E-state index contributed by atoms with van der Waals surface area (Å²) in [5.74, 6) is -0.914. The van der Waals surface area contributed by atoms with Crippen LogP contribution in [0.4, 0.5) is 0 Å². The lowest BCUT2D eigenvalue weighted by molar-refractivity contribution is -0.120. The molecule has 2 amide bonds. The van der Waals surface area contributed by atoms with Crippen LogP contribution in [0.15, 0.2) is 35.4 Å². The second-order valence-corrected chi connectivity index (χ2v) is 3.50. The van der Waals surface area contributed by atoms with Gasteiger partial charge in [-0.3, -0.25) is 14.9 Å². The molecule has 0 aliphatic heterocycles. The van der Waals surface area contributed by atoms with Crippen molar-refractivity contribution in [3.8, 4) is 0 Å². The first-order valence-corrected chi connectivity index (χ1v) is 5.07. The first-order chi connectivity index (χ1) is 8.13. The SMILES string of the molecule is C[C@H](CC(=O)NC(=O)c1ccccc1)N=[N+]=[N-]. The molecular weight excluding hydrogens is 220 g/mol. The molecule has 0 fully saturated rings. The van der Waals surface area contributed by atoms with E-state index >= 15 is 0 Å². The normalized spacial score (nSPS) is 11.1. The second kappa shape index (κ2) is 6.30. The van der Waals surface area contributed by atoms with Crippen molar-refractivity contribution < 1.29 is 9.59 Å². The van der Waals surface area contributed by atoms with Crippen LogP contribution >= 0.6 is 0 Å².